The minimum Gasteiger partial charge on any atom is -0.387 e. The van der Waals surface area contributed by atoms with E-state index in [1.165, 1.54) is 0 Å². The van der Waals surface area contributed by atoms with Crippen LogP contribution in [0.25, 0.3) is 0 Å². The van der Waals surface area contributed by atoms with E-state index in [9.17, 15) is 5.11 Å². The van der Waals surface area contributed by atoms with Crippen LogP contribution in [0.15, 0.2) is 0 Å². The molecule has 0 heterocycles. The lowest BCUT2D eigenvalue weighted by Crippen LogP contribution is -2.43. The van der Waals surface area contributed by atoms with Gasteiger partial charge in [0, 0.05) is 6.04 Å². The van der Waals surface area contributed by atoms with Crippen molar-refractivity contribution in [2.45, 2.75) is 57.3 Å². The standard InChI is InChI=1S/C11H23NO2/c1-9(2)14-8-11(13)6-4-10(12-3)5-7-11/h9-10,12-13H,4-8H2,1-3H3. The molecule has 1 saturated carbocycles. The summed E-state index contributed by atoms with van der Waals surface area (Å²) in [7, 11) is 1.99. The lowest BCUT2D eigenvalue weighted by Gasteiger charge is -2.36. The van der Waals surface area contributed by atoms with E-state index in [2.05, 4.69) is 5.32 Å². The van der Waals surface area contributed by atoms with Crippen molar-refractivity contribution < 1.29 is 9.84 Å². The van der Waals surface area contributed by atoms with Crippen molar-refractivity contribution in [1.82, 2.24) is 5.32 Å². The van der Waals surface area contributed by atoms with Crippen molar-refractivity contribution in [1.29, 1.82) is 0 Å². The average molecular weight is 201 g/mol. The van der Waals surface area contributed by atoms with Gasteiger partial charge in [-0.3, -0.25) is 0 Å². The van der Waals surface area contributed by atoms with Crippen molar-refractivity contribution in [2.75, 3.05) is 13.7 Å². The Morgan fingerprint density at radius 1 is 1.43 bits per heavy atom. The normalized spacial score (nSPS) is 33.6. The fourth-order valence-electron chi connectivity index (χ4n) is 1.91. The minimum atomic E-state index is -0.572. The molecule has 1 fully saturated rings. The van der Waals surface area contributed by atoms with Crippen LogP contribution in [0.1, 0.15) is 39.5 Å². The maximum atomic E-state index is 10.2. The summed E-state index contributed by atoms with van der Waals surface area (Å²) in [5, 5.41) is 13.4. The van der Waals surface area contributed by atoms with E-state index in [1.54, 1.807) is 0 Å². The first kappa shape index (κ1) is 12.0. The summed E-state index contributed by atoms with van der Waals surface area (Å²) in [5.41, 5.74) is -0.572. The second-order valence-corrected chi connectivity index (χ2v) is 4.65. The summed E-state index contributed by atoms with van der Waals surface area (Å²) >= 11 is 0. The third kappa shape index (κ3) is 3.56. The molecule has 1 aliphatic rings. The Morgan fingerprint density at radius 2 is 2.00 bits per heavy atom. The summed E-state index contributed by atoms with van der Waals surface area (Å²) in [6.07, 6.45) is 4.01. The molecule has 1 aliphatic carbocycles. The van der Waals surface area contributed by atoms with Gasteiger partial charge >= 0.3 is 0 Å². The van der Waals surface area contributed by atoms with E-state index in [0.717, 1.165) is 25.7 Å². The van der Waals surface area contributed by atoms with Crippen molar-refractivity contribution in [3.63, 3.8) is 0 Å². The van der Waals surface area contributed by atoms with Crippen LogP contribution in [0.4, 0.5) is 0 Å². The van der Waals surface area contributed by atoms with Crippen molar-refractivity contribution in [3.05, 3.63) is 0 Å². The van der Waals surface area contributed by atoms with E-state index >= 15 is 0 Å². The van der Waals surface area contributed by atoms with Crippen LogP contribution in [-0.2, 0) is 4.74 Å². The molecule has 0 unspecified atom stereocenters. The van der Waals surface area contributed by atoms with Crippen LogP contribution < -0.4 is 5.32 Å². The van der Waals surface area contributed by atoms with E-state index in [4.69, 9.17) is 4.74 Å². The van der Waals surface area contributed by atoms with Crippen LogP contribution in [0, 0.1) is 0 Å². The van der Waals surface area contributed by atoms with Gasteiger partial charge in [-0.25, -0.2) is 0 Å². The molecule has 0 bridgehead atoms. The predicted octanol–water partition coefficient (Wildman–Crippen LogP) is 1.30. The van der Waals surface area contributed by atoms with Crippen molar-refractivity contribution >= 4 is 0 Å². The predicted molar refractivity (Wildman–Crippen MR) is 57.4 cm³/mol. The Labute approximate surface area is 86.8 Å². The number of nitrogens with one attached hydrogen (secondary N) is 1. The zero-order chi connectivity index (χ0) is 10.6. The zero-order valence-electron chi connectivity index (χ0n) is 9.55. The highest BCUT2D eigenvalue weighted by Crippen LogP contribution is 2.28. The molecule has 2 N–H and O–H groups in total. The smallest absolute Gasteiger partial charge is 0.0881 e. The quantitative estimate of drug-likeness (QED) is 0.720. The molecule has 3 heteroatoms. The van der Waals surface area contributed by atoms with Crippen LogP contribution in [0.3, 0.4) is 0 Å². The molecule has 0 aromatic carbocycles. The van der Waals surface area contributed by atoms with E-state index in [-0.39, 0.29) is 6.10 Å². The molecule has 14 heavy (non-hydrogen) atoms. The van der Waals surface area contributed by atoms with Gasteiger partial charge in [-0.1, -0.05) is 0 Å². The highest BCUT2D eigenvalue weighted by atomic mass is 16.5. The summed E-state index contributed by atoms with van der Waals surface area (Å²) in [6, 6.07) is 0.578. The summed E-state index contributed by atoms with van der Waals surface area (Å²) in [6.45, 7) is 4.49. The maximum absolute atomic E-state index is 10.2. The third-order valence-corrected chi connectivity index (χ3v) is 3.01. The number of rotatable bonds is 4. The maximum Gasteiger partial charge on any atom is 0.0881 e. The van der Waals surface area contributed by atoms with Crippen molar-refractivity contribution in [3.8, 4) is 0 Å². The third-order valence-electron chi connectivity index (χ3n) is 3.01. The molecule has 0 saturated heterocycles. The fraction of sp³-hybridized carbons (Fsp3) is 1.00. The molecule has 0 aromatic rings. The van der Waals surface area contributed by atoms with Crippen LogP contribution >= 0.6 is 0 Å². The second kappa shape index (κ2) is 5.10. The largest absolute Gasteiger partial charge is 0.387 e. The van der Waals surface area contributed by atoms with Gasteiger partial charge in [0.25, 0.3) is 0 Å². The van der Waals surface area contributed by atoms with Crippen molar-refractivity contribution in [2.24, 2.45) is 0 Å². The zero-order valence-corrected chi connectivity index (χ0v) is 9.55. The summed E-state index contributed by atoms with van der Waals surface area (Å²) in [5.74, 6) is 0. The summed E-state index contributed by atoms with van der Waals surface area (Å²) in [4.78, 5) is 0. The molecule has 3 nitrogen and oxygen atoms in total. The number of hydrogen-bond acceptors (Lipinski definition) is 3. The van der Waals surface area contributed by atoms with Gasteiger partial charge in [0.2, 0.25) is 0 Å². The van der Waals surface area contributed by atoms with Gasteiger partial charge in [0.1, 0.15) is 0 Å². The lowest BCUT2D eigenvalue weighted by molar-refractivity contribution is -0.0865. The molecule has 0 aliphatic heterocycles. The lowest BCUT2D eigenvalue weighted by atomic mass is 9.83. The van der Waals surface area contributed by atoms with Crippen LogP contribution in [0.2, 0.25) is 0 Å². The monoisotopic (exact) mass is 201 g/mol. The molecule has 0 spiro atoms. The first-order valence-corrected chi connectivity index (χ1v) is 5.57. The van der Waals surface area contributed by atoms with E-state index in [0.29, 0.717) is 12.6 Å². The van der Waals surface area contributed by atoms with Gasteiger partial charge in [-0.15, -0.1) is 0 Å². The Bertz CT molecular complexity index is 163. The average Bonchev–Trinajstić information content (AvgIpc) is 2.16. The van der Waals surface area contributed by atoms with E-state index in [1.807, 2.05) is 20.9 Å². The number of ether oxygens (including phenoxy) is 1. The summed E-state index contributed by atoms with van der Waals surface area (Å²) < 4.78 is 5.48. The molecule has 1 rings (SSSR count). The molecule has 0 radical (unpaired) electrons. The van der Waals surface area contributed by atoms with Crippen LogP contribution in [-0.4, -0.2) is 36.5 Å². The van der Waals surface area contributed by atoms with E-state index < -0.39 is 5.60 Å². The first-order valence-electron chi connectivity index (χ1n) is 5.57. The Kier molecular flexibility index (Phi) is 4.35. The fourth-order valence-corrected chi connectivity index (χ4v) is 1.91. The highest BCUT2D eigenvalue weighted by Gasteiger charge is 2.33. The Balaban J connectivity index is 2.30. The molecule has 0 amide bonds. The topological polar surface area (TPSA) is 41.5 Å². The Hall–Kier alpha value is -0.120. The molecular formula is C11H23NO2. The molecule has 0 atom stereocenters. The van der Waals surface area contributed by atoms with Gasteiger partial charge in [-0.2, -0.15) is 0 Å². The Morgan fingerprint density at radius 3 is 2.43 bits per heavy atom. The van der Waals surface area contributed by atoms with Crippen LogP contribution in [0.5, 0.6) is 0 Å². The van der Waals surface area contributed by atoms with Gasteiger partial charge in [0.15, 0.2) is 0 Å². The van der Waals surface area contributed by atoms with Gasteiger partial charge < -0.3 is 15.2 Å². The molecule has 84 valence electrons. The molecular weight excluding hydrogens is 178 g/mol. The first-order chi connectivity index (χ1) is 6.56. The van der Waals surface area contributed by atoms with Gasteiger partial charge in [0.05, 0.1) is 18.3 Å². The van der Waals surface area contributed by atoms with Gasteiger partial charge in [-0.05, 0) is 46.6 Å². The second-order valence-electron chi connectivity index (χ2n) is 4.65. The molecule has 0 aromatic heterocycles. The number of hydrogen-bond donors (Lipinski definition) is 2. The SMILES string of the molecule is CNC1CCC(O)(COC(C)C)CC1. The number of aliphatic hydroxyl groups is 1. The minimum absolute atomic E-state index is 0.209. The highest BCUT2D eigenvalue weighted by molar-refractivity contribution is 4.87.